The van der Waals surface area contributed by atoms with Gasteiger partial charge >= 0.3 is 6.03 Å². The molecule has 2 rings (SSSR count). The Bertz CT molecular complexity index is 506. The lowest BCUT2D eigenvalue weighted by Gasteiger charge is -2.28. The summed E-state index contributed by atoms with van der Waals surface area (Å²) in [5.41, 5.74) is 0.266. The standard InChI is InChI=1S/C13H17N3O4/c17-12-7-2-1-6-11(12)15-13(18)14-9-4-3-5-10(8-9)16(19)20/h3-5,8,11-12,17H,1-2,6-7H2,(H2,14,15,18)/t11-,12-/m1/s1. The van der Waals surface area contributed by atoms with Crippen molar-refractivity contribution in [1.82, 2.24) is 5.32 Å². The van der Waals surface area contributed by atoms with Gasteiger partial charge in [-0.2, -0.15) is 0 Å². The minimum absolute atomic E-state index is 0.0829. The molecule has 7 nitrogen and oxygen atoms in total. The first kappa shape index (κ1) is 14.3. The molecule has 1 fully saturated rings. The lowest BCUT2D eigenvalue weighted by molar-refractivity contribution is -0.384. The first-order valence-electron chi connectivity index (χ1n) is 6.56. The van der Waals surface area contributed by atoms with Crippen LogP contribution in [0.5, 0.6) is 0 Å². The molecule has 0 aliphatic heterocycles. The second-order valence-corrected chi connectivity index (χ2v) is 4.86. The zero-order valence-electron chi connectivity index (χ0n) is 10.9. The number of amides is 2. The molecule has 3 N–H and O–H groups in total. The van der Waals surface area contributed by atoms with Gasteiger partial charge in [-0.25, -0.2) is 4.79 Å². The van der Waals surface area contributed by atoms with Crippen molar-refractivity contribution in [3.63, 3.8) is 0 Å². The number of nitro groups is 1. The Balaban J connectivity index is 1.94. The van der Waals surface area contributed by atoms with Crippen LogP contribution in [0.25, 0.3) is 0 Å². The topological polar surface area (TPSA) is 104 Å². The number of nitro benzene ring substituents is 1. The number of aliphatic hydroxyl groups excluding tert-OH is 1. The number of nitrogens with one attached hydrogen (secondary N) is 2. The molecule has 0 unspecified atom stereocenters. The number of carbonyl (C=O) groups excluding carboxylic acids is 1. The zero-order chi connectivity index (χ0) is 14.5. The van der Waals surface area contributed by atoms with Crippen LogP contribution < -0.4 is 10.6 Å². The maximum atomic E-state index is 11.8. The number of benzene rings is 1. The van der Waals surface area contributed by atoms with Crippen LogP contribution in [0.3, 0.4) is 0 Å². The third-order valence-electron chi connectivity index (χ3n) is 3.36. The number of non-ortho nitro benzene ring substituents is 1. The molecule has 1 aromatic rings. The number of carbonyl (C=O) groups is 1. The Hall–Kier alpha value is -2.15. The molecule has 1 aliphatic carbocycles. The van der Waals surface area contributed by atoms with E-state index in [0.29, 0.717) is 12.1 Å². The van der Waals surface area contributed by atoms with Crippen molar-refractivity contribution in [2.45, 2.75) is 37.8 Å². The molecule has 0 spiro atoms. The number of hydrogen-bond donors (Lipinski definition) is 3. The summed E-state index contributed by atoms with van der Waals surface area (Å²) < 4.78 is 0. The van der Waals surface area contributed by atoms with E-state index in [4.69, 9.17) is 0 Å². The van der Waals surface area contributed by atoms with Crippen LogP contribution in [0.15, 0.2) is 24.3 Å². The number of urea groups is 1. The molecular weight excluding hydrogens is 262 g/mol. The van der Waals surface area contributed by atoms with Crippen LogP contribution in [0.4, 0.5) is 16.2 Å². The third-order valence-corrected chi connectivity index (χ3v) is 3.36. The van der Waals surface area contributed by atoms with Crippen LogP contribution in [0, 0.1) is 10.1 Å². The molecule has 1 aromatic carbocycles. The van der Waals surface area contributed by atoms with Crippen molar-refractivity contribution < 1.29 is 14.8 Å². The molecule has 0 heterocycles. The summed E-state index contributed by atoms with van der Waals surface area (Å²) >= 11 is 0. The summed E-state index contributed by atoms with van der Waals surface area (Å²) in [7, 11) is 0. The van der Waals surface area contributed by atoms with E-state index in [0.717, 1.165) is 19.3 Å². The normalized spacial score (nSPS) is 22.1. The van der Waals surface area contributed by atoms with Crippen LogP contribution in [-0.4, -0.2) is 28.2 Å². The lowest BCUT2D eigenvalue weighted by atomic mass is 9.93. The van der Waals surface area contributed by atoms with E-state index in [2.05, 4.69) is 10.6 Å². The van der Waals surface area contributed by atoms with E-state index in [9.17, 15) is 20.0 Å². The average Bonchev–Trinajstić information content (AvgIpc) is 2.41. The van der Waals surface area contributed by atoms with Crippen molar-refractivity contribution in [3.05, 3.63) is 34.4 Å². The Kier molecular flexibility index (Phi) is 4.52. The highest BCUT2D eigenvalue weighted by Crippen LogP contribution is 2.19. The molecular formula is C13H17N3O4. The van der Waals surface area contributed by atoms with Gasteiger partial charge in [0.15, 0.2) is 0 Å². The molecule has 0 aromatic heterocycles. The Morgan fingerprint density at radius 2 is 2.10 bits per heavy atom. The maximum absolute atomic E-state index is 11.8. The Labute approximate surface area is 116 Å². The van der Waals surface area contributed by atoms with Gasteiger partial charge in [0.25, 0.3) is 5.69 Å². The highest BCUT2D eigenvalue weighted by molar-refractivity contribution is 5.89. The van der Waals surface area contributed by atoms with Crippen molar-refractivity contribution in [1.29, 1.82) is 0 Å². The predicted octanol–water partition coefficient (Wildman–Crippen LogP) is 2.02. The summed E-state index contributed by atoms with van der Waals surface area (Å²) in [6.07, 6.45) is 2.83. The lowest BCUT2D eigenvalue weighted by Crippen LogP contribution is -2.46. The van der Waals surface area contributed by atoms with E-state index < -0.39 is 17.1 Å². The Morgan fingerprint density at radius 1 is 1.35 bits per heavy atom. The quantitative estimate of drug-likeness (QED) is 0.581. The third kappa shape index (κ3) is 3.67. The van der Waals surface area contributed by atoms with Gasteiger partial charge in [0.05, 0.1) is 17.1 Å². The van der Waals surface area contributed by atoms with E-state index in [1.54, 1.807) is 6.07 Å². The number of hydrogen-bond acceptors (Lipinski definition) is 4. The molecule has 1 saturated carbocycles. The number of aliphatic hydroxyl groups is 1. The largest absolute Gasteiger partial charge is 0.391 e. The molecule has 20 heavy (non-hydrogen) atoms. The van der Waals surface area contributed by atoms with Gasteiger partial charge in [-0.3, -0.25) is 10.1 Å². The highest BCUT2D eigenvalue weighted by atomic mass is 16.6. The predicted molar refractivity (Wildman–Crippen MR) is 73.5 cm³/mol. The highest BCUT2D eigenvalue weighted by Gasteiger charge is 2.24. The molecule has 1 aliphatic rings. The monoisotopic (exact) mass is 279 g/mol. The van der Waals surface area contributed by atoms with Gasteiger partial charge < -0.3 is 15.7 Å². The molecule has 108 valence electrons. The van der Waals surface area contributed by atoms with Gasteiger partial charge in [-0.15, -0.1) is 0 Å². The average molecular weight is 279 g/mol. The minimum atomic E-state index is -0.528. The fourth-order valence-corrected chi connectivity index (χ4v) is 2.31. The molecule has 2 amide bonds. The van der Waals surface area contributed by atoms with Gasteiger partial charge in [-0.05, 0) is 18.9 Å². The molecule has 0 saturated heterocycles. The van der Waals surface area contributed by atoms with E-state index in [1.807, 2.05) is 0 Å². The fraction of sp³-hybridized carbons (Fsp3) is 0.462. The van der Waals surface area contributed by atoms with E-state index in [-0.39, 0.29) is 11.7 Å². The van der Waals surface area contributed by atoms with Gasteiger partial charge in [0.1, 0.15) is 0 Å². The molecule has 0 bridgehead atoms. The summed E-state index contributed by atoms with van der Waals surface area (Å²) in [5.74, 6) is 0. The SMILES string of the molecule is O=C(Nc1cccc([N+](=O)[O-])c1)N[C@@H]1CCCC[C@H]1O. The zero-order valence-corrected chi connectivity index (χ0v) is 10.9. The van der Waals surface area contributed by atoms with Crippen molar-refractivity contribution in [2.75, 3.05) is 5.32 Å². The van der Waals surface area contributed by atoms with Crippen LogP contribution in [0.2, 0.25) is 0 Å². The van der Waals surface area contributed by atoms with Crippen LogP contribution in [0.1, 0.15) is 25.7 Å². The molecule has 7 heteroatoms. The first-order chi connectivity index (χ1) is 9.56. The van der Waals surface area contributed by atoms with Crippen LogP contribution >= 0.6 is 0 Å². The summed E-state index contributed by atoms with van der Waals surface area (Å²) in [6.45, 7) is 0. The van der Waals surface area contributed by atoms with Gasteiger partial charge in [0.2, 0.25) is 0 Å². The maximum Gasteiger partial charge on any atom is 0.319 e. The van der Waals surface area contributed by atoms with Crippen LogP contribution in [-0.2, 0) is 0 Å². The van der Waals surface area contributed by atoms with Gasteiger partial charge in [0, 0.05) is 17.8 Å². The number of anilines is 1. The Morgan fingerprint density at radius 3 is 2.80 bits per heavy atom. The second-order valence-electron chi connectivity index (χ2n) is 4.86. The number of nitrogens with zero attached hydrogens (tertiary/aromatic N) is 1. The second kappa shape index (κ2) is 6.33. The van der Waals surface area contributed by atoms with Crippen molar-refractivity contribution in [3.8, 4) is 0 Å². The summed E-state index contributed by atoms with van der Waals surface area (Å²) in [6, 6.07) is 5.00. The number of rotatable bonds is 3. The van der Waals surface area contributed by atoms with Gasteiger partial charge in [-0.1, -0.05) is 18.9 Å². The minimum Gasteiger partial charge on any atom is -0.391 e. The summed E-state index contributed by atoms with van der Waals surface area (Å²) in [5, 5.41) is 25.6. The van der Waals surface area contributed by atoms with E-state index >= 15 is 0 Å². The van der Waals surface area contributed by atoms with Crippen molar-refractivity contribution >= 4 is 17.4 Å². The fourth-order valence-electron chi connectivity index (χ4n) is 2.31. The first-order valence-corrected chi connectivity index (χ1v) is 6.56. The summed E-state index contributed by atoms with van der Waals surface area (Å²) in [4.78, 5) is 21.9. The smallest absolute Gasteiger partial charge is 0.319 e. The molecule has 0 radical (unpaired) electrons. The van der Waals surface area contributed by atoms with Crippen molar-refractivity contribution in [2.24, 2.45) is 0 Å². The molecule has 2 atom stereocenters. The van der Waals surface area contributed by atoms with E-state index in [1.165, 1.54) is 18.2 Å².